The number of amides is 1. The first-order valence-electron chi connectivity index (χ1n) is 9.08. The molecule has 27 heavy (non-hydrogen) atoms. The van der Waals surface area contributed by atoms with Gasteiger partial charge in [-0.3, -0.25) is 4.79 Å². The zero-order chi connectivity index (χ0) is 19.0. The van der Waals surface area contributed by atoms with Crippen LogP contribution in [0.2, 0.25) is 0 Å². The fraction of sp³-hybridized carbons (Fsp3) is 0.381. The van der Waals surface area contributed by atoms with Gasteiger partial charge in [0.05, 0.1) is 19.3 Å². The maximum atomic E-state index is 13.8. The van der Waals surface area contributed by atoms with E-state index < -0.39 is 6.10 Å². The maximum absolute atomic E-state index is 13.8. The molecular weight excluding hydrogens is 349 g/mol. The average Bonchev–Trinajstić information content (AvgIpc) is 3.22. The van der Waals surface area contributed by atoms with Crippen LogP contribution in [0, 0.1) is 12.7 Å². The molecule has 2 N–H and O–H groups in total. The zero-order valence-electron chi connectivity index (χ0n) is 15.0. The summed E-state index contributed by atoms with van der Waals surface area (Å²) in [5, 5.41) is 12.8. The maximum Gasteiger partial charge on any atom is 0.251 e. The SMILES string of the molecule is Cc1ccc(Cc2ccccc2C(=O)N[C@H]2CO[C@H]3[C@@H]2OC[C@@H]3O)cc1F. The van der Waals surface area contributed by atoms with E-state index in [1.165, 1.54) is 6.07 Å². The van der Waals surface area contributed by atoms with Crippen LogP contribution in [0.15, 0.2) is 42.5 Å². The second kappa shape index (κ2) is 7.38. The van der Waals surface area contributed by atoms with Crippen molar-refractivity contribution in [3.05, 3.63) is 70.5 Å². The number of rotatable bonds is 4. The van der Waals surface area contributed by atoms with E-state index in [9.17, 15) is 14.3 Å². The molecule has 0 spiro atoms. The Morgan fingerprint density at radius 3 is 2.78 bits per heavy atom. The molecule has 2 aliphatic heterocycles. The van der Waals surface area contributed by atoms with Gasteiger partial charge in [-0.15, -0.1) is 0 Å². The summed E-state index contributed by atoms with van der Waals surface area (Å²) in [6.07, 6.45) is -0.910. The molecular formula is C21H22FNO4. The molecule has 2 saturated heterocycles. The molecule has 2 heterocycles. The van der Waals surface area contributed by atoms with Crippen molar-refractivity contribution >= 4 is 5.91 Å². The van der Waals surface area contributed by atoms with E-state index in [1.54, 1.807) is 25.1 Å². The Bertz CT molecular complexity index is 856. The van der Waals surface area contributed by atoms with Gasteiger partial charge < -0.3 is 19.9 Å². The van der Waals surface area contributed by atoms with Crippen LogP contribution >= 0.6 is 0 Å². The van der Waals surface area contributed by atoms with Gasteiger partial charge in [-0.2, -0.15) is 0 Å². The van der Waals surface area contributed by atoms with Gasteiger partial charge in [0.25, 0.3) is 5.91 Å². The lowest BCUT2D eigenvalue weighted by molar-refractivity contribution is 0.0178. The third-order valence-electron chi connectivity index (χ3n) is 5.24. The second-order valence-electron chi connectivity index (χ2n) is 7.16. The Balaban J connectivity index is 1.50. The molecule has 0 unspecified atom stereocenters. The number of hydrogen-bond donors (Lipinski definition) is 2. The third kappa shape index (κ3) is 3.60. The summed E-state index contributed by atoms with van der Waals surface area (Å²) in [5.41, 5.74) is 2.77. The highest BCUT2D eigenvalue weighted by Gasteiger charge is 2.47. The van der Waals surface area contributed by atoms with E-state index in [-0.39, 0.29) is 36.6 Å². The van der Waals surface area contributed by atoms with Gasteiger partial charge in [0.15, 0.2) is 0 Å². The van der Waals surface area contributed by atoms with Crippen molar-refractivity contribution in [1.29, 1.82) is 0 Å². The minimum atomic E-state index is -0.652. The normalized spacial score (nSPS) is 26.8. The molecule has 142 valence electrons. The first-order chi connectivity index (χ1) is 13.0. The standard InChI is InChI=1S/C21H22FNO4/c1-12-6-7-13(9-16(12)22)8-14-4-2-3-5-15(14)21(25)23-17-10-26-20-18(24)11-27-19(17)20/h2-7,9,17-20,24H,8,10-11H2,1H3,(H,23,25)/t17-,18-,19+,20+/m0/s1. The number of fused-ring (bicyclic) bond motifs is 1. The first kappa shape index (κ1) is 18.1. The number of halogens is 1. The van der Waals surface area contributed by atoms with E-state index in [0.29, 0.717) is 24.2 Å². The summed E-state index contributed by atoms with van der Waals surface area (Å²) in [7, 11) is 0. The summed E-state index contributed by atoms with van der Waals surface area (Å²) in [5.74, 6) is -0.474. The Kier molecular flexibility index (Phi) is 4.95. The largest absolute Gasteiger partial charge is 0.388 e. The van der Waals surface area contributed by atoms with Crippen LogP contribution in [-0.2, 0) is 15.9 Å². The molecule has 4 rings (SSSR count). The van der Waals surface area contributed by atoms with Crippen LogP contribution in [0.4, 0.5) is 4.39 Å². The molecule has 0 aliphatic carbocycles. The summed E-state index contributed by atoms with van der Waals surface area (Å²) < 4.78 is 25.0. The fourth-order valence-corrected chi connectivity index (χ4v) is 3.71. The van der Waals surface area contributed by atoms with Gasteiger partial charge in [0.1, 0.15) is 24.1 Å². The summed E-state index contributed by atoms with van der Waals surface area (Å²) in [6.45, 7) is 2.25. The van der Waals surface area contributed by atoms with Gasteiger partial charge >= 0.3 is 0 Å². The molecule has 0 radical (unpaired) electrons. The summed E-state index contributed by atoms with van der Waals surface area (Å²) in [6, 6.07) is 12.1. The Labute approximate surface area is 157 Å². The number of hydrogen-bond acceptors (Lipinski definition) is 4. The van der Waals surface area contributed by atoms with Crippen LogP contribution < -0.4 is 5.32 Å². The molecule has 2 aromatic carbocycles. The molecule has 2 fully saturated rings. The molecule has 4 atom stereocenters. The lowest BCUT2D eigenvalue weighted by atomic mass is 9.98. The van der Waals surface area contributed by atoms with E-state index in [2.05, 4.69) is 5.32 Å². The monoisotopic (exact) mass is 371 g/mol. The molecule has 0 aromatic heterocycles. The predicted molar refractivity (Wildman–Crippen MR) is 97.1 cm³/mol. The highest BCUT2D eigenvalue weighted by molar-refractivity contribution is 5.96. The van der Waals surface area contributed by atoms with E-state index >= 15 is 0 Å². The predicted octanol–water partition coefficient (Wildman–Crippen LogP) is 1.98. The number of carbonyl (C=O) groups excluding carboxylic acids is 1. The number of ether oxygens (including phenoxy) is 2. The average molecular weight is 371 g/mol. The lowest BCUT2D eigenvalue weighted by Gasteiger charge is -2.18. The number of aliphatic hydroxyl groups is 1. The lowest BCUT2D eigenvalue weighted by Crippen LogP contribution is -2.44. The van der Waals surface area contributed by atoms with Crippen molar-refractivity contribution in [2.45, 2.75) is 37.7 Å². The topological polar surface area (TPSA) is 67.8 Å². The second-order valence-corrected chi connectivity index (χ2v) is 7.16. The van der Waals surface area contributed by atoms with Gasteiger partial charge in [-0.25, -0.2) is 4.39 Å². The number of benzene rings is 2. The van der Waals surface area contributed by atoms with E-state index in [0.717, 1.165) is 11.1 Å². The van der Waals surface area contributed by atoms with E-state index in [1.807, 2.05) is 18.2 Å². The van der Waals surface area contributed by atoms with Gasteiger partial charge in [0, 0.05) is 5.56 Å². The van der Waals surface area contributed by atoms with Gasteiger partial charge in [0.2, 0.25) is 0 Å². The number of aliphatic hydroxyl groups excluding tert-OH is 1. The van der Waals surface area contributed by atoms with Crippen molar-refractivity contribution in [1.82, 2.24) is 5.32 Å². The van der Waals surface area contributed by atoms with Gasteiger partial charge in [-0.05, 0) is 42.2 Å². The fourth-order valence-electron chi connectivity index (χ4n) is 3.71. The molecule has 2 aromatic rings. The van der Waals surface area contributed by atoms with Crippen LogP contribution in [0.25, 0.3) is 0 Å². The Morgan fingerprint density at radius 1 is 1.19 bits per heavy atom. The highest BCUT2D eigenvalue weighted by atomic mass is 19.1. The number of aryl methyl sites for hydroxylation is 1. The minimum absolute atomic E-state index is 0.220. The van der Waals surface area contributed by atoms with Gasteiger partial charge in [-0.1, -0.05) is 30.3 Å². The van der Waals surface area contributed by atoms with Crippen molar-refractivity contribution in [3.63, 3.8) is 0 Å². The summed E-state index contributed by atoms with van der Waals surface area (Å²) >= 11 is 0. The molecule has 5 nitrogen and oxygen atoms in total. The molecule has 1 amide bonds. The molecule has 6 heteroatoms. The van der Waals surface area contributed by atoms with E-state index in [4.69, 9.17) is 9.47 Å². The molecule has 2 aliphatic rings. The van der Waals surface area contributed by atoms with Crippen LogP contribution in [-0.4, -0.2) is 48.6 Å². The number of carbonyl (C=O) groups is 1. The van der Waals surface area contributed by atoms with Crippen LogP contribution in [0.5, 0.6) is 0 Å². The van der Waals surface area contributed by atoms with Crippen molar-refractivity contribution in [3.8, 4) is 0 Å². The number of nitrogens with one attached hydrogen (secondary N) is 1. The Hall–Kier alpha value is -2.28. The quantitative estimate of drug-likeness (QED) is 0.863. The van der Waals surface area contributed by atoms with Crippen molar-refractivity contribution in [2.24, 2.45) is 0 Å². The molecule has 0 saturated carbocycles. The first-order valence-corrected chi connectivity index (χ1v) is 9.08. The van der Waals surface area contributed by atoms with Crippen LogP contribution in [0.3, 0.4) is 0 Å². The Morgan fingerprint density at radius 2 is 1.96 bits per heavy atom. The highest BCUT2D eigenvalue weighted by Crippen LogP contribution is 2.27. The zero-order valence-corrected chi connectivity index (χ0v) is 15.0. The third-order valence-corrected chi connectivity index (χ3v) is 5.24. The van der Waals surface area contributed by atoms with Crippen LogP contribution in [0.1, 0.15) is 27.0 Å². The smallest absolute Gasteiger partial charge is 0.251 e. The van der Waals surface area contributed by atoms with Crippen molar-refractivity contribution in [2.75, 3.05) is 13.2 Å². The molecule has 0 bridgehead atoms. The summed E-state index contributed by atoms with van der Waals surface area (Å²) in [4.78, 5) is 12.8. The minimum Gasteiger partial charge on any atom is -0.388 e. The van der Waals surface area contributed by atoms with Crippen molar-refractivity contribution < 1.29 is 23.8 Å².